The fraction of sp³-hybridized carbons (Fsp3) is 0.222. The predicted molar refractivity (Wildman–Crippen MR) is 58.2 cm³/mol. The number of nitrogens with zero attached hydrogens (tertiary/aromatic N) is 4. The third kappa shape index (κ3) is 3.21. The van der Waals surface area contributed by atoms with Crippen molar-refractivity contribution in [3.05, 3.63) is 29.8 Å². The molecule has 0 saturated heterocycles. The molecule has 2 aromatic rings. The number of aryl methyl sites for hydroxylation is 1. The summed E-state index contributed by atoms with van der Waals surface area (Å²) in [7, 11) is 1.51. The van der Waals surface area contributed by atoms with Crippen molar-refractivity contribution < 1.29 is 22.1 Å². The summed E-state index contributed by atoms with van der Waals surface area (Å²) in [6.07, 6.45) is 0. The van der Waals surface area contributed by atoms with Crippen molar-refractivity contribution in [3.8, 4) is 5.75 Å². The summed E-state index contributed by atoms with van der Waals surface area (Å²) in [5, 5.41) is 10.8. The molecule has 0 aliphatic carbocycles. The molecule has 0 N–H and O–H groups in total. The van der Waals surface area contributed by atoms with Crippen LogP contribution in [0.25, 0.3) is 0 Å². The molecule has 5 nitrogen and oxygen atoms in total. The van der Waals surface area contributed by atoms with Gasteiger partial charge in [-0.05, 0) is 23.4 Å². The Bertz CT molecular complexity index is 586. The highest BCUT2D eigenvalue weighted by Gasteiger charge is 2.30. The molecule has 0 saturated carbocycles. The minimum atomic E-state index is -5.36. The molecule has 102 valence electrons. The molecule has 0 spiro atoms. The fourth-order valence-corrected chi connectivity index (χ4v) is 1.43. The van der Waals surface area contributed by atoms with Gasteiger partial charge in [-0.3, -0.25) is 0 Å². The smallest absolute Gasteiger partial charge is 0.488 e. The maximum absolute atomic E-state index is 12.9. The standard InChI is InChI=1S/C9H8BF4N4O/c1-18-16-9(15-17-18)5-19-8-3-2-6(11)4-7(8)10(12,13)14/h2-4H,5H2,1H3/q-1. The first-order valence-corrected chi connectivity index (χ1v) is 5.21. The molecule has 0 aliphatic rings. The Hall–Kier alpha value is -2.13. The zero-order chi connectivity index (χ0) is 14.0. The number of tetrazole rings is 1. The largest absolute Gasteiger partial charge is 0.513 e. The van der Waals surface area contributed by atoms with Crippen LogP contribution in [-0.4, -0.2) is 27.2 Å². The fourth-order valence-electron chi connectivity index (χ4n) is 1.43. The SMILES string of the molecule is Cn1nnc(COc2ccc(F)cc2[B-](F)(F)F)n1. The Morgan fingerprint density at radius 3 is 2.63 bits per heavy atom. The average Bonchev–Trinajstić information content (AvgIpc) is 2.72. The molecule has 0 aliphatic heterocycles. The number of rotatable bonds is 4. The van der Waals surface area contributed by atoms with E-state index >= 15 is 0 Å². The van der Waals surface area contributed by atoms with Crippen LogP contribution in [0.15, 0.2) is 18.2 Å². The molecule has 1 heterocycles. The molecule has 0 radical (unpaired) electrons. The quantitative estimate of drug-likeness (QED) is 0.616. The van der Waals surface area contributed by atoms with E-state index in [4.69, 9.17) is 4.74 Å². The van der Waals surface area contributed by atoms with E-state index in [1.54, 1.807) is 0 Å². The van der Waals surface area contributed by atoms with Gasteiger partial charge in [0.25, 0.3) is 0 Å². The van der Waals surface area contributed by atoms with Crippen LogP contribution in [0.3, 0.4) is 0 Å². The van der Waals surface area contributed by atoms with Crippen LogP contribution in [0.1, 0.15) is 5.82 Å². The van der Waals surface area contributed by atoms with Gasteiger partial charge in [0.1, 0.15) is 5.82 Å². The van der Waals surface area contributed by atoms with Crippen molar-refractivity contribution in [1.29, 1.82) is 0 Å². The maximum atomic E-state index is 12.9. The van der Waals surface area contributed by atoms with Crippen molar-refractivity contribution in [2.45, 2.75) is 6.61 Å². The zero-order valence-corrected chi connectivity index (χ0v) is 9.73. The molecule has 1 aromatic carbocycles. The van der Waals surface area contributed by atoms with E-state index in [9.17, 15) is 17.3 Å². The normalized spacial score (nSPS) is 11.6. The van der Waals surface area contributed by atoms with E-state index in [2.05, 4.69) is 15.4 Å². The topological polar surface area (TPSA) is 52.8 Å². The zero-order valence-electron chi connectivity index (χ0n) is 9.73. The average molecular weight is 275 g/mol. The number of halogens is 4. The summed E-state index contributed by atoms with van der Waals surface area (Å²) in [5.74, 6) is -1.30. The molecule has 0 atom stereocenters. The molecule has 0 fully saturated rings. The van der Waals surface area contributed by atoms with Crippen LogP contribution >= 0.6 is 0 Å². The van der Waals surface area contributed by atoms with Gasteiger partial charge in [-0.1, -0.05) is 5.46 Å². The lowest BCUT2D eigenvalue weighted by molar-refractivity contribution is 0.295. The van der Waals surface area contributed by atoms with Crippen LogP contribution in [-0.2, 0) is 13.7 Å². The Kier molecular flexibility index (Phi) is 3.41. The Balaban J connectivity index is 2.20. The van der Waals surface area contributed by atoms with E-state index < -0.39 is 24.0 Å². The lowest BCUT2D eigenvalue weighted by atomic mass is 9.79. The van der Waals surface area contributed by atoms with Gasteiger partial charge in [-0.25, -0.2) is 4.39 Å². The molecular weight excluding hydrogens is 267 g/mol. The number of aromatic nitrogens is 4. The molecule has 0 bridgehead atoms. The van der Waals surface area contributed by atoms with Crippen molar-refractivity contribution in [2.24, 2.45) is 7.05 Å². The number of hydrogen-bond donors (Lipinski definition) is 0. The van der Waals surface area contributed by atoms with E-state index in [-0.39, 0.29) is 12.4 Å². The van der Waals surface area contributed by atoms with Crippen LogP contribution in [0.5, 0.6) is 5.75 Å². The Morgan fingerprint density at radius 2 is 2.05 bits per heavy atom. The Labute approximate surface area is 105 Å². The lowest BCUT2D eigenvalue weighted by Gasteiger charge is -2.19. The van der Waals surface area contributed by atoms with E-state index in [0.29, 0.717) is 6.07 Å². The second kappa shape index (κ2) is 4.86. The molecule has 0 unspecified atom stereocenters. The minimum absolute atomic E-state index is 0.132. The highest BCUT2D eigenvalue weighted by molar-refractivity contribution is 6.74. The van der Waals surface area contributed by atoms with Crippen molar-refractivity contribution >= 4 is 12.4 Å². The van der Waals surface area contributed by atoms with Gasteiger partial charge < -0.3 is 17.7 Å². The number of hydrogen-bond acceptors (Lipinski definition) is 4. The van der Waals surface area contributed by atoms with Gasteiger partial charge in [0.2, 0.25) is 5.82 Å². The first kappa shape index (κ1) is 13.3. The van der Waals surface area contributed by atoms with Gasteiger partial charge in [0.15, 0.2) is 6.61 Å². The highest BCUT2D eigenvalue weighted by Crippen LogP contribution is 2.19. The predicted octanol–water partition coefficient (Wildman–Crippen LogP) is 0.983. The summed E-state index contributed by atoms with van der Waals surface area (Å²) in [6.45, 7) is -5.64. The van der Waals surface area contributed by atoms with Gasteiger partial charge in [0.05, 0.1) is 12.8 Å². The summed E-state index contributed by atoms with van der Waals surface area (Å²) in [5.41, 5.74) is -1.12. The molecule has 10 heteroatoms. The molecule has 0 amide bonds. The highest BCUT2D eigenvalue weighted by atomic mass is 19.4. The summed E-state index contributed by atoms with van der Waals surface area (Å²) in [6, 6.07) is 2.22. The molecule has 1 aromatic heterocycles. The second-order valence-corrected chi connectivity index (χ2v) is 3.74. The lowest BCUT2D eigenvalue weighted by Crippen LogP contribution is -2.35. The maximum Gasteiger partial charge on any atom is 0.513 e. The van der Waals surface area contributed by atoms with Crippen molar-refractivity contribution in [1.82, 2.24) is 20.2 Å². The second-order valence-electron chi connectivity index (χ2n) is 3.74. The van der Waals surface area contributed by atoms with Crippen LogP contribution < -0.4 is 10.2 Å². The summed E-state index contributed by atoms with van der Waals surface area (Å²) < 4.78 is 56.0. The summed E-state index contributed by atoms with van der Waals surface area (Å²) >= 11 is 0. The third-order valence-corrected chi connectivity index (χ3v) is 2.23. The van der Waals surface area contributed by atoms with E-state index in [1.165, 1.54) is 7.05 Å². The Morgan fingerprint density at radius 1 is 1.32 bits per heavy atom. The van der Waals surface area contributed by atoms with Gasteiger partial charge >= 0.3 is 6.98 Å². The minimum Gasteiger partial charge on any atom is -0.488 e. The monoisotopic (exact) mass is 275 g/mol. The van der Waals surface area contributed by atoms with Crippen molar-refractivity contribution in [2.75, 3.05) is 0 Å². The number of ether oxygens (including phenoxy) is 1. The third-order valence-electron chi connectivity index (χ3n) is 2.23. The van der Waals surface area contributed by atoms with Crippen molar-refractivity contribution in [3.63, 3.8) is 0 Å². The van der Waals surface area contributed by atoms with Gasteiger partial charge in [-0.15, -0.1) is 10.2 Å². The van der Waals surface area contributed by atoms with Crippen LogP contribution in [0.2, 0.25) is 0 Å². The molecule has 2 rings (SSSR count). The van der Waals surface area contributed by atoms with Crippen LogP contribution in [0.4, 0.5) is 17.3 Å². The number of benzene rings is 1. The van der Waals surface area contributed by atoms with E-state index in [0.717, 1.165) is 16.9 Å². The van der Waals surface area contributed by atoms with Crippen LogP contribution in [0, 0.1) is 5.82 Å². The molecular formula is C9H8BF4N4O-. The first-order chi connectivity index (χ1) is 8.86. The van der Waals surface area contributed by atoms with E-state index in [1.807, 2.05) is 0 Å². The van der Waals surface area contributed by atoms with Gasteiger partial charge in [-0.2, -0.15) is 4.80 Å². The first-order valence-electron chi connectivity index (χ1n) is 5.21. The summed E-state index contributed by atoms with van der Waals surface area (Å²) in [4.78, 5) is 1.15. The van der Waals surface area contributed by atoms with Gasteiger partial charge in [0, 0.05) is 0 Å². The molecule has 19 heavy (non-hydrogen) atoms.